The van der Waals surface area contributed by atoms with Crippen molar-refractivity contribution in [3.05, 3.63) is 59.7 Å². The van der Waals surface area contributed by atoms with Crippen LogP contribution < -0.4 is 21.5 Å². The van der Waals surface area contributed by atoms with Gasteiger partial charge in [0.2, 0.25) is 11.9 Å². The predicted molar refractivity (Wildman–Crippen MR) is 124 cm³/mol. The lowest BCUT2D eigenvalue weighted by Crippen LogP contribution is -2.30. The lowest BCUT2D eigenvalue weighted by atomic mass is 9.97. The summed E-state index contributed by atoms with van der Waals surface area (Å²) in [5.74, 6) is 1.43. The third-order valence-electron chi connectivity index (χ3n) is 5.04. The van der Waals surface area contributed by atoms with E-state index < -0.39 is 0 Å². The van der Waals surface area contributed by atoms with Gasteiger partial charge in [0, 0.05) is 24.2 Å². The molecule has 8 heteroatoms. The van der Waals surface area contributed by atoms with Gasteiger partial charge in [-0.2, -0.15) is 10.2 Å². The Morgan fingerprint density at radius 3 is 1.67 bits per heavy atom. The minimum atomic E-state index is 0.716. The van der Waals surface area contributed by atoms with Crippen LogP contribution >= 0.6 is 0 Å². The molecule has 0 saturated heterocycles. The number of fused-ring (bicyclic) bond motifs is 2. The van der Waals surface area contributed by atoms with Crippen molar-refractivity contribution in [1.29, 1.82) is 0 Å². The van der Waals surface area contributed by atoms with Crippen LogP contribution in [0.25, 0.3) is 21.5 Å². The Morgan fingerprint density at radius 2 is 1.23 bits per heavy atom. The van der Waals surface area contributed by atoms with Crippen LogP contribution in [-0.2, 0) is 0 Å². The molecule has 2 aliphatic rings. The maximum Gasteiger partial charge on any atom is 0.212 e. The van der Waals surface area contributed by atoms with Gasteiger partial charge < -0.3 is 10.6 Å². The summed E-state index contributed by atoms with van der Waals surface area (Å²) in [6, 6.07) is 16.8. The van der Waals surface area contributed by atoms with Crippen LogP contribution in [0, 0.1) is 0 Å². The third-order valence-corrected chi connectivity index (χ3v) is 5.04. The van der Waals surface area contributed by atoms with Gasteiger partial charge in [0.05, 0.1) is 25.5 Å². The third kappa shape index (κ3) is 3.80. The Morgan fingerprint density at radius 1 is 0.733 bits per heavy atom. The van der Waals surface area contributed by atoms with Crippen molar-refractivity contribution < 1.29 is 0 Å². The predicted octanol–water partition coefficient (Wildman–Crippen LogP) is 1.76. The molecule has 5 rings (SSSR count). The number of hydrogen-bond donors (Lipinski definition) is 4. The Hall–Kier alpha value is -3.94. The largest absolute Gasteiger partial charge is 0.353 e. The zero-order valence-corrected chi connectivity index (χ0v) is 16.4. The van der Waals surface area contributed by atoms with Crippen LogP contribution in [0.5, 0.6) is 0 Å². The Balaban J connectivity index is 1.45. The minimum absolute atomic E-state index is 0.716. The fourth-order valence-corrected chi connectivity index (χ4v) is 3.60. The maximum atomic E-state index is 4.33. The van der Waals surface area contributed by atoms with E-state index in [0.717, 1.165) is 58.9 Å². The van der Waals surface area contributed by atoms with E-state index in [0.29, 0.717) is 11.9 Å². The number of hydrazone groups is 2. The number of hydrogen-bond acceptors (Lipinski definition) is 8. The summed E-state index contributed by atoms with van der Waals surface area (Å²) in [6.07, 6.45) is 3.67. The van der Waals surface area contributed by atoms with Gasteiger partial charge in [-0.25, -0.2) is 20.8 Å². The quantitative estimate of drug-likeness (QED) is 0.306. The van der Waals surface area contributed by atoms with Gasteiger partial charge in [-0.05, 0) is 33.7 Å². The van der Waals surface area contributed by atoms with Crippen molar-refractivity contribution in [2.24, 2.45) is 20.2 Å². The molecule has 0 fully saturated rings. The Kier molecular flexibility index (Phi) is 4.95. The average molecular weight is 398 g/mol. The van der Waals surface area contributed by atoms with Gasteiger partial charge in [0.25, 0.3) is 0 Å². The van der Waals surface area contributed by atoms with Gasteiger partial charge in [-0.15, -0.1) is 0 Å². The summed E-state index contributed by atoms with van der Waals surface area (Å²) < 4.78 is 0. The topological polar surface area (TPSA) is 97.6 Å². The number of benzene rings is 3. The van der Waals surface area contributed by atoms with Crippen molar-refractivity contribution in [3.63, 3.8) is 0 Å². The van der Waals surface area contributed by atoms with Crippen molar-refractivity contribution in [2.45, 2.75) is 0 Å². The molecule has 3 aromatic rings. The van der Waals surface area contributed by atoms with Crippen molar-refractivity contribution in [2.75, 3.05) is 26.2 Å². The van der Waals surface area contributed by atoms with Crippen LogP contribution in [0.3, 0.4) is 0 Å². The summed E-state index contributed by atoms with van der Waals surface area (Å²) in [6.45, 7) is 3.27. The Labute approximate surface area is 173 Å². The van der Waals surface area contributed by atoms with E-state index >= 15 is 0 Å². The number of rotatable bonds is 4. The molecule has 0 saturated carbocycles. The number of guanidine groups is 2. The Bertz CT molecular complexity index is 1110. The standard InChI is InChI=1S/C22H22N8/c1-3-15-11-20-16(4-2-6-18(20)14-28-30-22-25-9-10-26-22)12-19(15)17(5-1)13-27-29-21-23-7-8-24-21/h1-6,11-14H,7-10H2,(H2,23,24,29)(H2,25,26,30)/b27-13-,28-14-. The van der Waals surface area contributed by atoms with Crippen molar-refractivity contribution >= 4 is 45.9 Å². The highest BCUT2D eigenvalue weighted by Crippen LogP contribution is 2.26. The summed E-state index contributed by atoms with van der Waals surface area (Å²) in [4.78, 5) is 8.56. The van der Waals surface area contributed by atoms with Crippen LogP contribution in [0.4, 0.5) is 0 Å². The van der Waals surface area contributed by atoms with Gasteiger partial charge in [0.15, 0.2) is 0 Å². The molecule has 2 aliphatic heterocycles. The van der Waals surface area contributed by atoms with E-state index in [1.165, 1.54) is 0 Å². The van der Waals surface area contributed by atoms with Crippen LogP contribution in [0.2, 0.25) is 0 Å². The molecule has 0 aliphatic carbocycles. The number of nitrogens with zero attached hydrogens (tertiary/aromatic N) is 4. The molecule has 30 heavy (non-hydrogen) atoms. The lowest BCUT2D eigenvalue weighted by Gasteiger charge is -2.08. The zero-order chi connectivity index (χ0) is 20.2. The molecule has 2 heterocycles. The monoisotopic (exact) mass is 398 g/mol. The van der Waals surface area contributed by atoms with Crippen LogP contribution in [0.1, 0.15) is 11.1 Å². The molecule has 0 unspecified atom stereocenters. The van der Waals surface area contributed by atoms with Crippen LogP contribution in [0.15, 0.2) is 68.7 Å². The fraction of sp³-hybridized carbons (Fsp3) is 0.182. The summed E-state index contributed by atoms with van der Waals surface area (Å²) in [5, 5.41) is 19.5. The molecule has 0 spiro atoms. The molecule has 4 N–H and O–H groups in total. The molecule has 0 atom stereocenters. The molecule has 0 amide bonds. The highest BCUT2D eigenvalue weighted by Gasteiger charge is 2.06. The normalized spacial score (nSPS) is 16.1. The minimum Gasteiger partial charge on any atom is -0.353 e. The van der Waals surface area contributed by atoms with E-state index in [9.17, 15) is 0 Å². The second kappa shape index (κ2) is 8.20. The van der Waals surface area contributed by atoms with Gasteiger partial charge in [0.1, 0.15) is 0 Å². The van der Waals surface area contributed by atoms with Gasteiger partial charge >= 0.3 is 0 Å². The number of nitrogens with one attached hydrogen (secondary N) is 4. The zero-order valence-electron chi connectivity index (χ0n) is 16.4. The molecule has 3 aromatic carbocycles. The van der Waals surface area contributed by atoms with E-state index in [1.54, 1.807) is 0 Å². The fourth-order valence-electron chi connectivity index (χ4n) is 3.60. The first-order valence-electron chi connectivity index (χ1n) is 9.97. The highest BCUT2D eigenvalue weighted by atomic mass is 15.4. The number of aliphatic imine (C=N–C) groups is 2. The first kappa shape index (κ1) is 18.1. The molecule has 8 nitrogen and oxygen atoms in total. The summed E-state index contributed by atoms with van der Waals surface area (Å²) >= 11 is 0. The van der Waals surface area contributed by atoms with E-state index in [2.05, 4.69) is 78.1 Å². The smallest absolute Gasteiger partial charge is 0.212 e. The molecule has 0 aromatic heterocycles. The second-order valence-electron chi connectivity index (χ2n) is 7.04. The summed E-state index contributed by atoms with van der Waals surface area (Å²) in [5.41, 5.74) is 8.01. The van der Waals surface area contributed by atoms with E-state index in [1.807, 2.05) is 24.6 Å². The molecular weight excluding hydrogens is 376 g/mol. The van der Waals surface area contributed by atoms with Gasteiger partial charge in [-0.3, -0.25) is 0 Å². The lowest BCUT2D eigenvalue weighted by molar-refractivity contribution is 0.920. The van der Waals surface area contributed by atoms with Crippen molar-refractivity contribution in [3.8, 4) is 0 Å². The van der Waals surface area contributed by atoms with E-state index in [-0.39, 0.29) is 0 Å². The average Bonchev–Trinajstić information content (AvgIpc) is 3.47. The molecule has 0 radical (unpaired) electrons. The SMILES string of the molecule is C(=N/NC1=NCCN1)/c1cccc2cc3c(/C=N\NC4=NCCN4)cccc3cc12. The second-order valence-corrected chi connectivity index (χ2v) is 7.04. The maximum absolute atomic E-state index is 4.33. The molecule has 150 valence electrons. The summed E-state index contributed by atoms with van der Waals surface area (Å²) in [7, 11) is 0. The first-order valence-corrected chi connectivity index (χ1v) is 9.97. The highest BCUT2D eigenvalue weighted by molar-refractivity contribution is 6.10. The van der Waals surface area contributed by atoms with Crippen molar-refractivity contribution in [1.82, 2.24) is 21.5 Å². The molecule has 0 bridgehead atoms. The first-order chi connectivity index (χ1) is 14.9. The van der Waals surface area contributed by atoms with Gasteiger partial charge in [-0.1, -0.05) is 36.4 Å². The molecular formula is C22H22N8. The van der Waals surface area contributed by atoms with E-state index in [4.69, 9.17) is 0 Å². The van der Waals surface area contributed by atoms with Crippen LogP contribution in [-0.4, -0.2) is 50.5 Å².